The van der Waals surface area contributed by atoms with Crippen molar-refractivity contribution in [1.82, 2.24) is 4.90 Å². The number of aryl methyl sites for hydroxylation is 1. The van der Waals surface area contributed by atoms with E-state index in [4.69, 9.17) is 15.2 Å². The molecule has 0 bridgehead atoms. The second-order valence-electron chi connectivity index (χ2n) is 8.40. The normalized spacial score (nSPS) is 16.5. The summed E-state index contributed by atoms with van der Waals surface area (Å²) < 4.78 is 26.4. The molecule has 2 N–H and O–H groups in total. The molecule has 1 unspecified atom stereocenters. The molecule has 34 heavy (non-hydrogen) atoms. The minimum Gasteiger partial charge on any atom is -0.493 e. The molecule has 1 heterocycles. The summed E-state index contributed by atoms with van der Waals surface area (Å²) in [6.45, 7) is 0.637. The summed E-state index contributed by atoms with van der Waals surface area (Å²) >= 11 is 3.32. The molecule has 5 nitrogen and oxygen atoms in total. The Hall–Kier alpha value is -2.90. The van der Waals surface area contributed by atoms with Crippen LogP contribution in [0.1, 0.15) is 40.8 Å². The number of fused-ring (bicyclic) bond motifs is 1. The Morgan fingerprint density at radius 2 is 1.82 bits per heavy atom. The average Bonchev–Trinajstić information content (AvgIpc) is 2.83. The zero-order valence-corrected chi connectivity index (χ0v) is 20.8. The number of hydrogen-bond acceptors (Lipinski definition) is 4. The molecule has 0 saturated heterocycles. The number of rotatable bonds is 8. The van der Waals surface area contributed by atoms with Crippen LogP contribution in [0, 0.1) is 5.82 Å². The third-order valence-corrected chi connectivity index (χ3v) is 6.96. The number of carbonyl (C=O) groups excluding carboxylic acids is 1. The number of nitrogens with two attached hydrogens (primary N) is 1. The summed E-state index contributed by atoms with van der Waals surface area (Å²) in [6, 6.07) is 17.9. The zero-order chi connectivity index (χ0) is 24.2. The van der Waals surface area contributed by atoms with E-state index in [0.717, 1.165) is 23.1 Å². The Bertz CT molecular complexity index is 1170. The lowest BCUT2D eigenvalue weighted by Gasteiger charge is -2.41. The van der Waals surface area contributed by atoms with Crippen molar-refractivity contribution in [3.63, 3.8) is 0 Å². The maximum absolute atomic E-state index is 14.6. The Kier molecular flexibility index (Phi) is 7.54. The van der Waals surface area contributed by atoms with Crippen LogP contribution in [0.5, 0.6) is 11.5 Å². The largest absolute Gasteiger partial charge is 0.493 e. The highest BCUT2D eigenvalue weighted by atomic mass is 79.9. The number of carbonyl (C=O) groups is 1. The van der Waals surface area contributed by atoms with Crippen LogP contribution in [-0.4, -0.2) is 31.6 Å². The Labute approximate surface area is 207 Å². The minimum absolute atomic E-state index is 0.163. The molecule has 1 aliphatic rings. The molecule has 3 aromatic carbocycles. The first-order valence-corrected chi connectivity index (χ1v) is 12.0. The van der Waals surface area contributed by atoms with Gasteiger partial charge >= 0.3 is 0 Å². The molecule has 7 heteroatoms. The van der Waals surface area contributed by atoms with Gasteiger partial charge in [0.15, 0.2) is 11.5 Å². The van der Waals surface area contributed by atoms with Gasteiger partial charge in [0.05, 0.1) is 14.2 Å². The molecule has 4 rings (SSSR count). The first-order chi connectivity index (χ1) is 16.4. The van der Waals surface area contributed by atoms with Gasteiger partial charge in [-0.15, -0.1) is 0 Å². The second-order valence-corrected chi connectivity index (χ2v) is 9.32. The van der Waals surface area contributed by atoms with Crippen molar-refractivity contribution in [2.75, 3.05) is 20.8 Å². The molecule has 0 fully saturated rings. The van der Waals surface area contributed by atoms with E-state index < -0.39 is 11.9 Å². The van der Waals surface area contributed by atoms with Crippen molar-refractivity contribution in [2.45, 2.75) is 31.3 Å². The fraction of sp³-hybridized carbons (Fsp3) is 0.296. The number of methoxy groups -OCH3 is 2. The minimum atomic E-state index is -0.595. The summed E-state index contributed by atoms with van der Waals surface area (Å²) in [5.41, 5.74) is 9.59. The molecule has 0 saturated carbocycles. The molecule has 178 valence electrons. The van der Waals surface area contributed by atoms with Gasteiger partial charge in [0, 0.05) is 17.1 Å². The highest BCUT2D eigenvalue weighted by molar-refractivity contribution is 9.10. The van der Waals surface area contributed by atoms with Crippen LogP contribution in [-0.2, 0) is 17.6 Å². The quantitative estimate of drug-likeness (QED) is 0.428. The van der Waals surface area contributed by atoms with Crippen molar-refractivity contribution in [2.24, 2.45) is 5.73 Å². The van der Waals surface area contributed by atoms with Crippen LogP contribution >= 0.6 is 15.9 Å². The molecule has 1 amide bonds. The van der Waals surface area contributed by atoms with E-state index in [1.807, 2.05) is 48.5 Å². The molecular formula is C27H28BrFN2O3. The van der Waals surface area contributed by atoms with Crippen LogP contribution in [0.25, 0.3) is 0 Å². The van der Waals surface area contributed by atoms with Gasteiger partial charge in [0.2, 0.25) is 5.91 Å². The first kappa shape index (κ1) is 24.2. The molecular weight excluding hydrogens is 499 g/mol. The van der Waals surface area contributed by atoms with Gasteiger partial charge in [-0.05, 0) is 65.8 Å². The van der Waals surface area contributed by atoms with Crippen molar-refractivity contribution in [3.8, 4) is 11.5 Å². The van der Waals surface area contributed by atoms with Crippen molar-refractivity contribution in [1.29, 1.82) is 0 Å². The summed E-state index contributed by atoms with van der Waals surface area (Å²) in [4.78, 5) is 14.9. The standard InChI is InChI=1S/C27H28BrFN2O3/c1-33-24-14-19-12-13-31(26(27(30)32)18-6-4-3-5-7-18)23(21(19)16-25(24)34-2)11-9-17-8-10-20(28)15-22(17)29/h3-8,10,14-16,23,26H,9,11-13H2,1-2H3,(H2,30,32)/t23-,26?/m0/s1. The van der Waals surface area contributed by atoms with Gasteiger partial charge in [-0.25, -0.2) is 4.39 Å². The lowest BCUT2D eigenvalue weighted by atomic mass is 9.86. The smallest absolute Gasteiger partial charge is 0.239 e. The summed E-state index contributed by atoms with van der Waals surface area (Å²) in [5, 5.41) is 0. The predicted octanol–water partition coefficient (Wildman–Crippen LogP) is 5.36. The molecule has 2 atom stereocenters. The first-order valence-electron chi connectivity index (χ1n) is 11.2. The number of hydrogen-bond donors (Lipinski definition) is 1. The second kappa shape index (κ2) is 10.6. The Morgan fingerprint density at radius 1 is 1.12 bits per heavy atom. The van der Waals surface area contributed by atoms with Gasteiger partial charge in [0.1, 0.15) is 11.9 Å². The van der Waals surface area contributed by atoms with E-state index in [-0.39, 0.29) is 11.9 Å². The molecule has 1 aliphatic heterocycles. The number of halogens is 2. The third-order valence-electron chi connectivity index (χ3n) is 6.46. The number of ether oxygens (including phenoxy) is 2. The number of nitrogens with zero attached hydrogens (tertiary/aromatic N) is 1. The van der Waals surface area contributed by atoms with E-state index in [1.54, 1.807) is 20.3 Å². The maximum Gasteiger partial charge on any atom is 0.239 e. The van der Waals surface area contributed by atoms with Crippen LogP contribution in [0.3, 0.4) is 0 Å². The lowest BCUT2D eigenvalue weighted by Crippen LogP contribution is -2.44. The number of benzene rings is 3. The Balaban J connectivity index is 1.76. The lowest BCUT2D eigenvalue weighted by molar-refractivity contribution is -0.124. The van der Waals surface area contributed by atoms with Gasteiger partial charge < -0.3 is 15.2 Å². The van der Waals surface area contributed by atoms with E-state index >= 15 is 0 Å². The highest BCUT2D eigenvalue weighted by Crippen LogP contribution is 2.43. The van der Waals surface area contributed by atoms with Crippen LogP contribution in [0.15, 0.2) is 65.1 Å². The van der Waals surface area contributed by atoms with Crippen molar-refractivity contribution in [3.05, 3.63) is 93.2 Å². The fourth-order valence-electron chi connectivity index (χ4n) is 4.85. The van der Waals surface area contributed by atoms with Crippen molar-refractivity contribution >= 4 is 21.8 Å². The van der Waals surface area contributed by atoms with Crippen LogP contribution in [0.4, 0.5) is 4.39 Å². The van der Waals surface area contributed by atoms with Crippen LogP contribution in [0.2, 0.25) is 0 Å². The summed E-state index contributed by atoms with van der Waals surface area (Å²) in [5.74, 6) is 0.633. The van der Waals surface area contributed by atoms with Gasteiger partial charge in [-0.2, -0.15) is 0 Å². The van der Waals surface area contributed by atoms with E-state index in [0.29, 0.717) is 40.9 Å². The fourth-order valence-corrected chi connectivity index (χ4v) is 5.18. The SMILES string of the molecule is COc1cc2c(cc1OC)[C@H](CCc1ccc(Br)cc1F)N(C(C(N)=O)c1ccccc1)CC2. The third kappa shape index (κ3) is 4.95. The van der Waals surface area contributed by atoms with Gasteiger partial charge in [-0.1, -0.05) is 52.3 Å². The van der Waals surface area contributed by atoms with Crippen molar-refractivity contribution < 1.29 is 18.7 Å². The molecule has 0 aliphatic carbocycles. The molecule has 3 aromatic rings. The van der Waals surface area contributed by atoms with Crippen LogP contribution < -0.4 is 15.2 Å². The summed E-state index contributed by atoms with van der Waals surface area (Å²) in [6.07, 6.45) is 1.85. The monoisotopic (exact) mass is 526 g/mol. The van der Waals surface area contributed by atoms with E-state index in [1.165, 1.54) is 6.07 Å². The van der Waals surface area contributed by atoms with E-state index in [2.05, 4.69) is 20.8 Å². The summed E-state index contributed by atoms with van der Waals surface area (Å²) in [7, 11) is 3.22. The number of amides is 1. The van der Waals surface area contributed by atoms with Gasteiger partial charge in [0.25, 0.3) is 0 Å². The maximum atomic E-state index is 14.6. The number of primary amides is 1. The van der Waals surface area contributed by atoms with Gasteiger partial charge in [-0.3, -0.25) is 9.69 Å². The molecule has 0 spiro atoms. The Morgan fingerprint density at radius 3 is 2.47 bits per heavy atom. The zero-order valence-electron chi connectivity index (χ0n) is 19.3. The van der Waals surface area contributed by atoms with E-state index in [9.17, 15) is 9.18 Å². The highest BCUT2D eigenvalue weighted by Gasteiger charge is 2.36. The average molecular weight is 527 g/mol. The topological polar surface area (TPSA) is 64.8 Å². The molecule has 0 radical (unpaired) electrons. The molecule has 0 aromatic heterocycles. The predicted molar refractivity (Wildman–Crippen MR) is 133 cm³/mol.